The van der Waals surface area contributed by atoms with Crippen molar-refractivity contribution in [3.63, 3.8) is 0 Å². The summed E-state index contributed by atoms with van der Waals surface area (Å²) < 4.78 is 11.2. The number of furan rings is 1. The molecule has 0 aliphatic heterocycles. The van der Waals surface area contributed by atoms with Crippen molar-refractivity contribution in [2.75, 3.05) is 13.7 Å². The van der Waals surface area contributed by atoms with E-state index in [1.54, 1.807) is 32.2 Å². The molecule has 7 nitrogen and oxygen atoms in total. The van der Waals surface area contributed by atoms with Crippen LogP contribution in [0, 0.1) is 0 Å². The number of ether oxygens (including phenoxy) is 1. The van der Waals surface area contributed by atoms with Crippen LogP contribution in [-0.4, -0.2) is 37.5 Å². The van der Waals surface area contributed by atoms with Gasteiger partial charge in [-0.2, -0.15) is 0 Å². The molecule has 0 bridgehead atoms. The Morgan fingerprint density at radius 3 is 2.38 bits per heavy atom. The Bertz CT molecular complexity index is 1520. The number of hydrogen-bond acceptors (Lipinski definition) is 5. The van der Waals surface area contributed by atoms with E-state index in [1.807, 2.05) is 36.4 Å². The maximum Gasteiger partial charge on any atom is 0.328 e. The summed E-state index contributed by atoms with van der Waals surface area (Å²) >= 11 is 0. The highest BCUT2D eigenvalue weighted by atomic mass is 16.5. The summed E-state index contributed by atoms with van der Waals surface area (Å²) in [6, 6.07) is 19.9. The van der Waals surface area contributed by atoms with Gasteiger partial charge in [0.1, 0.15) is 24.0 Å². The molecule has 1 atom stereocenters. The number of hydrogen-bond donors (Lipinski definition) is 2. The lowest BCUT2D eigenvalue weighted by atomic mass is 9.98. The number of nitrogens with one attached hydrogen (secondary N) is 2. The summed E-state index contributed by atoms with van der Waals surface area (Å²) in [7, 11) is 1.59. The van der Waals surface area contributed by atoms with Crippen LogP contribution in [0.25, 0.3) is 33.4 Å². The fourth-order valence-electron chi connectivity index (χ4n) is 4.39. The van der Waals surface area contributed by atoms with Gasteiger partial charge in [-0.3, -0.25) is 9.59 Å². The highest BCUT2D eigenvalue weighted by Gasteiger charge is 2.22. The Kier molecular flexibility index (Phi) is 8.61. The predicted molar refractivity (Wildman–Crippen MR) is 153 cm³/mol. The van der Waals surface area contributed by atoms with Crippen molar-refractivity contribution in [1.29, 1.82) is 0 Å². The van der Waals surface area contributed by atoms with Gasteiger partial charge in [0.2, 0.25) is 0 Å². The molecule has 0 saturated heterocycles. The summed E-state index contributed by atoms with van der Waals surface area (Å²) in [6.07, 6.45) is 3.51. The quantitative estimate of drug-likeness (QED) is 0.198. The van der Waals surface area contributed by atoms with Gasteiger partial charge < -0.3 is 19.8 Å². The van der Waals surface area contributed by atoms with Gasteiger partial charge in [-0.05, 0) is 54.3 Å². The van der Waals surface area contributed by atoms with Crippen molar-refractivity contribution in [3.05, 3.63) is 96.1 Å². The Hall–Kier alpha value is -4.65. The fraction of sp³-hybridized carbons (Fsp3) is 0.219. The number of fused-ring (bicyclic) bond motifs is 1. The monoisotopic (exact) mass is 524 g/mol. The smallest absolute Gasteiger partial charge is 0.328 e. The van der Waals surface area contributed by atoms with Crippen molar-refractivity contribution >= 4 is 28.8 Å². The van der Waals surface area contributed by atoms with Crippen LogP contribution in [0.3, 0.4) is 0 Å². The summed E-state index contributed by atoms with van der Waals surface area (Å²) in [5.74, 6) is -0.675. The molecule has 0 aliphatic rings. The molecule has 0 saturated carbocycles. The average Bonchev–Trinajstić information content (AvgIpc) is 3.34. The first-order valence-electron chi connectivity index (χ1n) is 12.9. The minimum atomic E-state index is -0.812. The molecule has 1 aromatic heterocycles. The van der Waals surface area contributed by atoms with Crippen LogP contribution in [0.5, 0.6) is 0 Å². The molecular formula is C32H32N2O5. The first-order valence-corrected chi connectivity index (χ1v) is 12.9. The number of amides is 2. The van der Waals surface area contributed by atoms with E-state index in [4.69, 9.17) is 9.15 Å². The molecule has 2 N–H and O–H groups in total. The molecule has 1 unspecified atom stereocenters. The van der Waals surface area contributed by atoms with E-state index in [2.05, 4.69) is 36.3 Å². The molecule has 39 heavy (non-hydrogen) atoms. The lowest BCUT2D eigenvalue weighted by molar-refractivity contribution is -0.144. The molecule has 3 aromatic carbocycles. The second-order valence-electron chi connectivity index (χ2n) is 9.24. The molecule has 200 valence electrons. The van der Waals surface area contributed by atoms with Crippen molar-refractivity contribution < 1.29 is 23.5 Å². The van der Waals surface area contributed by atoms with Crippen LogP contribution in [0.2, 0.25) is 0 Å². The van der Waals surface area contributed by atoms with Crippen LogP contribution >= 0.6 is 0 Å². The highest BCUT2D eigenvalue weighted by molar-refractivity contribution is 6.12. The first kappa shape index (κ1) is 27.4. The number of carbonyl (C=O) groups is 3. The Balaban J connectivity index is 1.67. The summed E-state index contributed by atoms with van der Waals surface area (Å²) in [6.45, 7) is 7.29. The zero-order valence-corrected chi connectivity index (χ0v) is 22.4. The molecule has 0 fully saturated rings. The van der Waals surface area contributed by atoms with Gasteiger partial charge in [0.15, 0.2) is 0 Å². The topological polar surface area (TPSA) is 97.6 Å². The normalized spacial score (nSPS) is 11.6. The Labute approximate surface area is 227 Å². The second-order valence-corrected chi connectivity index (χ2v) is 9.24. The third kappa shape index (κ3) is 6.09. The van der Waals surface area contributed by atoms with Gasteiger partial charge in [0, 0.05) is 23.6 Å². The molecule has 1 heterocycles. The maximum atomic E-state index is 13.0. The molecule has 4 rings (SSSR count). The average molecular weight is 525 g/mol. The summed E-state index contributed by atoms with van der Waals surface area (Å²) in [4.78, 5) is 37.8. The van der Waals surface area contributed by atoms with Crippen LogP contribution in [0.15, 0.2) is 83.8 Å². The standard InChI is InChI=1S/C32H32N2O5/c1-5-8-21-11-13-22(14-12-21)29-28(31(36)33-4)26-19-24(15-16-27(26)39-29)23-9-7-10-25(18-23)30(35)34-20(3)32(37)38-17-6-2/h6-7,9-16,18-20H,2,5,8,17H2,1,3-4H3,(H,33,36)(H,34,35). The van der Waals surface area contributed by atoms with Crippen LogP contribution in [0.1, 0.15) is 46.5 Å². The van der Waals surface area contributed by atoms with E-state index in [1.165, 1.54) is 11.6 Å². The number of esters is 1. The van der Waals surface area contributed by atoms with Gasteiger partial charge in [-0.15, -0.1) is 0 Å². The Morgan fingerprint density at radius 1 is 0.974 bits per heavy atom. The minimum Gasteiger partial charge on any atom is -0.460 e. The highest BCUT2D eigenvalue weighted by Crippen LogP contribution is 2.36. The van der Waals surface area contributed by atoms with Crippen LogP contribution in [0.4, 0.5) is 0 Å². The van der Waals surface area contributed by atoms with Gasteiger partial charge in [0.05, 0.1) is 5.56 Å². The lowest BCUT2D eigenvalue weighted by Gasteiger charge is -2.13. The van der Waals surface area contributed by atoms with E-state index in [0.29, 0.717) is 27.9 Å². The third-order valence-corrected chi connectivity index (χ3v) is 6.40. The van der Waals surface area contributed by atoms with E-state index < -0.39 is 17.9 Å². The van der Waals surface area contributed by atoms with E-state index >= 15 is 0 Å². The van der Waals surface area contributed by atoms with Gasteiger partial charge in [-0.25, -0.2) is 4.79 Å². The molecule has 0 aliphatic carbocycles. The van der Waals surface area contributed by atoms with Crippen LogP contribution < -0.4 is 10.6 Å². The predicted octanol–water partition coefficient (Wildman–Crippen LogP) is 5.93. The van der Waals surface area contributed by atoms with E-state index in [0.717, 1.165) is 29.5 Å². The van der Waals surface area contributed by atoms with Crippen molar-refractivity contribution in [2.45, 2.75) is 32.7 Å². The van der Waals surface area contributed by atoms with Gasteiger partial charge in [0.25, 0.3) is 11.8 Å². The third-order valence-electron chi connectivity index (χ3n) is 6.40. The molecule has 2 amide bonds. The molecule has 7 heteroatoms. The van der Waals surface area contributed by atoms with Crippen molar-refractivity contribution in [2.24, 2.45) is 0 Å². The lowest BCUT2D eigenvalue weighted by Crippen LogP contribution is -2.39. The van der Waals surface area contributed by atoms with Crippen molar-refractivity contribution in [3.8, 4) is 22.5 Å². The van der Waals surface area contributed by atoms with E-state index in [9.17, 15) is 14.4 Å². The molecule has 4 aromatic rings. The van der Waals surface area contributed by atoms with Crippen molar-refractivity contribution in [1.82, 2.24) is 10.6 Å². The zero-order chi connectivity index (χ0) is 27.9. The summed E-state index contributed by atoms with van der Waals surface area (Å²) in [5, 5.41) is 6.07. The molecule has 0 spiro atoms. The van der Waals surface area contributed by atoms with Gasteiger partial charge >= 0.3 is 5.97 Å². The Morgan fingerprint density at radius 2 is 1.69 bits per heavy atom. The van der Waals surface area contributed by atoms with Gasteiger partial charge in [-0.1, -0.05) is 68.5 Å². The number of aryl methyl sites for hydroxylation is 1. The van der Waals surface area contributed by atoms with Crippen LogP contribution in [-0.2, 0) is 16.0 Å². The maximum absolute atomic E-state index is 13.0. The number of benzene rings is 3. The van der Waals surface area contributed by atoms with E-state index in [-0.39, 0.29) is 12.5 Å². The minimum absolute atomic E-state index is 0.0783. The fourth-order valence-corrected chi connectivity index (χ4v) is 4.39. The number of rotatable bonds is 10. The summed E-state index contributed by atoms with van der Waals surface area (Å²) in [5.41, 5.74) is 5.08. The second kappa shape index (κ2) is 12.3. The zero-order valence-electron chi connectivity index (χ0n) is 22.4. The first-order chi connectivity index (χ1) is 18.9. The molecule has 0 radical (unpaired) electrons. The molecular weight excluding hydrogens is 492 g/mol. The largest absolute Gasteiger partial charge is 0.460 e. The SMILES string of the molecule is C=CCOC(=O)C(C)NC(=O)c1cccc(-c2ccc3oc(-c4ccc(CCC)cc4)c(C(=O)NC)c3c2)c1. The number of carbonyl (C=O) groups excluding carboxylic acids is 3.